The molecule has 1 amide bonds. The summed E-state index contributed by atoms with van der Waals surface area (Å²) in [6.45, 7) is 2.39. The van der Waals surface area contributed by atoms with Crippen molar-refractivity contribution in [3.8, 4) is 0 Å². The Balaban J connectivity index is 2.65. The van der Waals surface area contributed by atoms with Crippen LogP contribution in [-0.4, -0.2) is 36.7 Å². The van der Waals surface area contributed by atoms with Crippen LogP contribution in [0.25, 0.3) is 0 Å². The molecule has 1 unspecified atom stereocenters. The normalized spacial score (nSPS) is 12.1. The van der Waals surface area contributed by atoms with Crippen LogP contribution in [0, 0.1) is 0 Å². The van der Waals surface area contributed by atoms with Gasteiger partial charge in [0.1, 0.15) is 4.88 Å². The summed E-state index contributed by atoms with van der Waals surface area (Å²) in [5, 5.41) is 11.5. The number of rotatable bonds is 6. The molecule has 0 aromatic carbocycles. The molecule has 5 nitrogen and oxygen atoms in total. The van der Waals surface area contributed by atoms with Crippen molar-refractivity contribution in [2.75, 3.05) is 13.7 Å². The molecule has 17 heavy (non-hydrogen) atoms. The van der Waals surface area contributed by atoms with Gasteiger partial charge in [0.2, 0.25) is 0 Å². The van der Waals surface area contributed by atoms with E-state index in [1.807, 2.05) is 6.92 Å². The Hall–Kier alpha value is -1.40. The number of hydrogen-bond acceptors (Lipinski definition) is 4. The summed E-state index contributed by atoms with van der Waals surface area (Å²) < 4.78 is 4.97. The molecular formula is C11H15NO4S. The minimum Gasteiger partial charge on any atom is -0.477 e. The fourth-order valence-electron chi connectivity index (χ4n) is 1.29. The highest BCUT2D eigenvalue weighted by atomic mass is 32.1. The number of nitrogens with one attached hydrogen (secondary N) is 1. The highest BCUT2D eigenvalue weighted by Crippen LogP contribution is 2.16. The van der Waals surface area contributed by atoms with Crippen LogP contribution >= 0.6 is 11.3 Å². The van der Waals surface area contributed by atoms with E-state index in [1.54, 1.807) is 7.11 Å². The number of thiophene rings is 1. The zero-order valence-corrected chi connectivity index (χ0v) is 10.5. The minimum absolute atomic E-state index is 0.0529. The Bertz CT molecular complexity index is 402. The third kappa shape index (κ3) is 3.83. The van der Waals surface area contributed by atoms with Crippen LogP contribution < -0.4 is 5.32 Å². The topological polar surface area (TPSA) is 75.6 Å². The highest BCUT2D eigenvalue weighted by molar-refractivity contribution is 7.15. The number of amides is 1. The molecule has 0 aliphatic rings. The predicted molar refractivity (Wildman–Crippen MR) is 64.7 cm³/mol. The predicted octanol–water partition coefficient (Wildman–Crippen LogP) is 1.60. The maximum absolute atomic E-state index is 11.8. The first kappa shape index (κ1) is 13.7. The average molecular weight is 257 g/mol. The van der Waals surface area contributed by atoms with Crippen molar-refractivity contribution in [2.24, 2.45) is 0 Å². The van der Waals surface area contributed by atoms with Gasteiger partial charge in [-0.25, -0.2) is 4.79 Å². The molecular weight excluding hydrogens is 242 g/mol. The van der Waals surface area contributed by atoms with Gasteiger partial charge in [-0.3, -0.25) is 4.79 Å². The van der Waals surface area contributed by atoms with Gasteiger partial charge in [0.15, 0.2) is 0 Å². The summed E-state index contributed by atoms with van der Waals surface area (Å²) in [4.78, 5) is 23.0. The number of hydrogen-bond donors (Lipinski definition) is 2. The van der Waals surface area contributed by atoms with Gasteiger partial charge in [-0.05, 0) is 18.6 Å². The van der Waals surface area contributed by atoms with Crippen molar-refractivity contribution >= 4 is 23.2 Å². The molecule has 0 radical (unpaired) electrons. The Morgan fingerprint density at radius 2 is 2.12 bits per heavy atom. The van der Waals surface area contributed by atoms with Crippen LogP contribution in [0.2, 0.25) is 0 Å². The van der Waals surface area contributed by atoms with Crippen molar-refractivity contribution in [1.29, 1.82) is 0 Å². The number of carbonyl (C=O) groups excluding carboxylic acids is 1. The van der Waals surface area contributed by atoms with E-state index >= 15 is 0 Å². The summed E-state index contributed by atoms with van der Waals surface area (Å²) >= 11 is 0.967. The van der Waals surface area contributed by atoms with Crippen molar-refractivity contribution in [3.05, 3.63) is 21.9 Å². The molecule has 1 aromatic rings. The fourth-order valence-corrected chi connectivity index (χ4v) is 2.04. The number of aromatic carboxylic acids is 1. The third-order valence-electron chi connectivity index (χ3n) is 2.24. The summed E-state index contributed by atoms with van der Waals surface area (Å²) in [6, 6.07) is 2.89. The van der Waals surface area contributed by atoms with E-state index in [9.17, 15) is 9.59 Å². The van der Waals surface area contributed by atoms with Gasteiger partial charge in [0.25, 0.3) is 5.91 Å². The molecule has 1 rings (SSSR count). The van der Waals surface area contributed by atoms with Crippen LogP contribution in [-0.2, 0) is 4.74 Å². The van der Waals surface area contributed by atoms with Crippen molar-refractivity contribution in [3.63, 3.8) is 0 Å². The summed E-state index contributed by atoms with van der Waals surface area (Å²) in [5.41, 5.74) is 0. The molecule has 0 bridgehead atoms. The lowest BCUT2D eigenvalue weighted by Crippen LogP contribution is -2.37. The number of ether oxygens (including phenoxy) is 1. The molecule has 1 atom stereocenters. The third-order valence-corrected chi connectivity index (χ3v) is 3.31. The van der Waals surface area contributed by atoms with Crippen LogP contribution in [0.1, 0.15) is 32.7 Å². The molecule has 0 fully saturated rings. The number of carbonyl (C=O) groups is 2. The molecule has 0 aliphatic carbocycles. The van der Waals surface area contributed by atoms with Crippen LogP contribution in [0.5, 0.6) is 0 Å². The van der Waals surface area contributed by atoms with Gasteiger partial charge >= 0.3 is 5.97 Å². The van der Waals surface area contributed by atoms with Gasteiger partial charge in [-0.15, -0.1) is 11.3 Å². The van der Waals surface area contributed by atoms with E-state index in [4.69, 9.17) is 9.84 Å². The Morgan fingerprint density at radius 3 is 2.59 bits per heavy atom. The molecule has 6 heteroatoms. The molecule has 2 N–H and O–H groups in total. The highest BCUT2D eigenvalue weighted by Gasteiger charge is 2.15. The summed E-state index contributed by atoms with van der Waals surface area (Å²) in [5.74, 6) is -1.27. The SMILES string of the molecule is CCC(COC)NC(=O)c1ccc(C(=O)O)s1. The summed E-state index contributed by atoms with van der Waals surface area (Å²) in [7, 11) is 1.57. The second-order valence-electron chi connectivity index (χ2n) is 3.50. The first-order valence-corrected chi connectivity index (χ1v) is 6.03. The van der Waals surface area contributed by atoms with Gasteiger partial charge in [0, 0.05) is 7.11 Å². The van der Waals surface area contributed by atoms with Crippen molar-refractivity contribution in [1.82, 2.24) is 5.32 Å². The standard InChI is InChI=1S/C11H15NO4S/c1-3-7(6-16-2)12-10(13)8-4-5-9(17-8)11(14)15/h4-5,7H,3,6H2,1-2H3,(H,12,13)(H,14,15). The average Bonchev–Trinajstić information content (AvgIpc) is 2.77. The molecule has 1 aromatic heterocycles. The summed E-state index contributed by atoms with van der Waals surface area (Å²) in [6.07, 6.45) is 0.761. The quantitative estimate of drug-likeness (QED) is 0.811. The zero-order chi connectivity index (χ0) is 12.8. The molecule has 1 heterocycles. The number of carboxylic acids is 1. The van der Waals surface area contributed by atoms with Gasteiger partial charge in [-0.2, -0.15) is 0 Å². The first-order chi connectivity index (χ1) is 8.08. The largest absolute Gasteiger partial charge is 0.477 e. The van der Waals surface area contributed by atoms with Crippen LogP contribution in [0.4, 0.5) is 0 Å². The second-order valence-corrected chi connectivity index (χ2v) is 4.59. The van der Waals surface area contributed by atoms with Gasteiger partial charge < -0.3 is 15.2 Å². The lowest BCUT2D eigenvalue weighted by molar-refractivity contribution is 0.0702. The minimum atomic E-state index is -1.02. The van der Waals surface area contributed by atoms with Gasteiger partial charge in [0.05, 0.1) is 17.5 Å². The Labute approximate surface area is 103 Å². The number of methoxy groups -OCH3 is 1. The fraction of sp³-hybridized carbons (Fsp3) is 0.455. The Morgan fingerprint density at radius 1 is 1.47 bits per heavy atom. The van der Waals surface area contributed by atoms with Crippen molar-refractivity contribution in [2.45, 2.75) is 19.4 Å². The maximum atomic E-state index is 11.8. The molecule has 94 valence electrons. The smallest absolute Gasteiger partial charge is 0.345 e. The van der Waals surface area contributed by atoms with Crippen LogP contribution in [0.15, 0.2) is 12.1 Å². The lowest BCUT2D eigenvalue weighted by Gasteiger charge is -2.14. The molecule has 0 saturated heterocycles. The lowest BCUT2D eigenvalue weighted by atomic mass is 10.2. The second kappa shape index (κ2) is 6.36. The van der Waals surface area contributed by atoms with E-state index in [0.29, 0.717) is 11.5 Å². The van der Waals surface area contributed by atoms with Gasteiger partial charge in [-0.1, -0.05) is 6.92 Å². The molecule has 0 spiro atoms. The van der Waals surface area contributed by atoms with E-state index in [1.165, 1.54) is 12.1 Å². The monoisotopic (exact) mass is 257 g/mol. The molecule has 0 saturated carbocycles. The number of carboxylic acid groups (broad SMARTS) is 1. The van der Waals surface area contributed by atoms with E-state index < -0.39 is 5.97 Å². The van der Waals surface area contributed by atoms with Crippen molar-refractivity contribution < 1.29 is 19.4 Å². The first-order valence-electron chi connectivity index (χ1n) is 5.21. The van der Waals surface area contributed by atoms with Crippen LogP contribution in [0.3, 0.4) is 0 Å². The van der Waals surface area contributed by atoms with E-state index in [0.717, 1.165) is 17.8 Å². The maximum Gasteiger partial charge on any atom is 0.345 e. The molecule has 0 aliphatic heterocycles. The Kier molecular flexibility index (Phi) is 5.11. The van der Waals surface area contributed by atoms with E-state index in [-0.39, 0.29) is 16.8 Å². The van der Waals surface area contributed by atoms with E-state index in [2.05, 4.69) is 5.32 Å². The zero-order valence-electron chi connectivity index (χ0n) is 9.73.